The Labute approximate surface area is 115 Å². The molecule has 19 heavy (non-hydrogen) atoms. The van der Waals surface area contributed by atoms with Crippen LogP contribution in [0.15, 0.2) is 12.4 Å². The molecule has 0 amide bonds. The van der Waals surface area contributed by atoms with Crippen LogP contribution >= 0.6 is 0 Å². The van der Waals surface area contributed by atoms with Gasteiger partial charge in [0.25, 0.3) is 0 Å². The Morgan fingerprint density at radius 2 is 2.26 bits per heavy atom. The van der Waals surface area contributed by atoms with Crippen molar-refractivity contribution in [2.75, 3.05) is 7.05 Å². The van der Waals surface area contributed by atoms with Gasteiger partial charge < -0.3 is 10.1 Å². The Bertz CT molecular complexity index is 423. The van der Waals surface area contributed by atoms with E-state index in [-0.39, 0.29) is 5.60 Å². The third kappa shape index (κ3) is 2.70. The number of nitrogens with zero attached hydrogens (tertiary/aromatic N) is 2. The molecule has 1 spiro atoms. The van der Waals surface area contributed by atoms with Gasteiger partial charge in [-0.05, 0) is 39.7 Å². The van der Waals surface area contributed by atoms with E-state index < -0.39 is 0 Å². The van der Waals surface area contributed by atoms with Crippen molar-refractivity contribution in [1.82, 2.24) is 15.1 Å². The summed E-state index contributed by atoms with van der Waals surface area (Å²) < 4.78 is 8.38. The van der Waals surface area contributed by atoms with Crippen LogP contribution in [0, 0.1) is 0 Å². The summed E-state index contributed by atoms with van der Waals surface area (Å²) >= 11 is 0. The first kappa shape index (κ1) is 13.1. The molecule has 106 valence electrons. The molecule has 0 bridgehead atoms. The second-order valence-electron chi connectivity index (χ2n) is 6.17. The number of rotatable bonds is 4. The molecule has 0 radical (unpaired) electrons. The van der Waals surface area contributed by atoms with Crippen molar-refractivity contribution in [3.63, 3.8) is 0 Å². The second kappa shape index (κ2) is 5.25. The summed E-state index contributed by atoms with van der Waals surface area (Å²) in [6, 6.07) is 0.361. The Morgan fingerprint density at radius 1 is 1.47 bits per heavy atom. The summed E-state index contributed by atoms with van der Waals surface area (Å²) in [7, 11) is 1.98. The van der Waals surface area contributed by atoms with E-state index in [1.165, 1.54) is 44.1 Å². The summed E-state index contributed by atoms with van der Waals surface area (Å²) in [6.07, 6.45) is 12.1. The zero-order valence-electron chi connectivity index (χ0n) is 12.1. The van der Waals surface area contributed by atoms with E-state index in [1.54, 1.807) is 0 Å². The summed E-state index contributed by atoms with van der Waals surface area (Å²) in [5.74, 6) is 0. The van der Waals surface area contributed by atoms with Gasteiger partial charge in [0.05, 0.1) is 24.4 Å². The highest BCUT2D eigenvalue weighted by atomic mass is 16.5. The van der Waals surface area contributed by atoms with Gasteiger partial charge >= 0.3 is 0 Å². The van der Waals surface area contributed by atoms with Crippen LogP contribution in [0.3, 0.4) is 0 Å². The summed E-state index contributed by atoms with van der Waals surface area (Å²) in [5.41, 5.74) is 1.48. The van der Waals surface area contributed by atoms with Gasteiger partial charge in [0.1, 0.15) is 0 Å². The molecule has 2 atom stereocenters. The third-order valence-corrected chi connectivity index (χ3v) is 4.83. The Morgan fingerprint density at radius 3 is 3.00 bits per heavy atom. The van der Waals surface area contributed by atoms with E-state index in [9.17, 15) is 0 Å². The zero-order chi connectivity index (χ0) is 13.3. The highest BCUT2D eigenvalue weighted by Gasteiger charge is 2.42. The lowest BCUT2D eigenvalue weighted by Crippen LogP contribution is -2.26. The predicted molar refractivity (Wildman–Crippen MR) is 75.0 cm³/mol. The van der Waals surface area contributed by atoms with Crippen LogP contribution in [0.4, 0.5) is 0 Å². The fourth-order valence-electron chi connectivity index (χ4n) is 3.49. The van der Waals surface area contributed by atoms with Gasteiger partial charge in [0.2, 0.25) is 0 Å². The minimum atomic E-state index is 0.235. The molecule has 2 fully saturated rings. The maximum atomic E-state index is 6.33. The SMILES string of the molecule is CNC(C)c1cnn(CC2CCC3(CCCC3)O2)c1. The lowest BCUT2D eigenvalue weighted by atomic mass is 9.98. The number of hydrogen-bond donors (Lipinski definition) is 1. The molecule has 1 aromatic rings. The van der Waals surface area contributed by atoms with Crippen molar-refractivity contribution < 1.29 is 4.74 Å². The van der Waals surface area contributed by atoms with Crippen LogP contribution in [0.25, 0.3) is 0 Å². The number of ether oxygens (including phenoxy) is 1. The molecule has 2 unspecified atom stereocenters. The van der Waals surface area contributed by atoms with Gasteiger partial charge in [-0.15, -0.1) is 0 Å². The Hall–Kier alpha value is -0.870. The van der Waals surface area contributed by atoms with E-state index in [0.717, 1.165) is 6.54 Å². The fourth-order valence-corrected chi connectivity index (χ4v) is 3.49. The van der Waals surface area contributed by atoms with Crippen LogP contribution in [-0.4, -0.2) is 28.5 Å². The van der Waals surface area contributed by atoms with Gasteiger partial charge in [0.15, 0.2) is 0 Å². The largest absolute Gasteiger partial charge is 0.370 e. The average Bonchev–Trinajstić information content (AvgIpc) is 3.13. The molecule has 2 aliphatic rings. The first-order valence-corrected chi connectivity index (χ1v) is 7.58. The second-order valence-corrected chi connectivity index (χ2v) is 6.17. The van der Waals surface area contributed by atoms with Gasteiger partial charge in [-0.1, -0.05) is 12.8 Å². The highest BCUT2D eigenvalue weighted by Crippen LogP contribution is 2.43. The number of nitrogens with one attached hydrogen (secondary N) is 1. The Balaban J connectivity index is 1.58. The standard InChI is InChI=1S/C15H25N3O/c1-12(16-2)13-9-17-18(10-13)11-14-5-8-15(19-14)6-3-4-7-15/h9-10,12,14,16H,3-8,11H2,1-2H3. The minimum absolute atomic E-state index is 0.235. The molecule has 2 heterocycles. The quantitative estimate of drug-likeness (QED) is 0.907. The monoisotopic (exact) mass is 263 g/mol. The lowest BCUT2D eigenvalue weighted by molar-refractivity contribution is -0.0429. The zero-order valence-corrected chi connectivity index (χ0v) is 12.1. The van der Waals surface area contributed by atoms with E-state index in [2.05, 4.69) is 23.5 Å². The minimum Gasteiger partial charge on any atom is -0.370 e. The maximum absolute atomic E-state index is 6.33. The average molecular weight is 263 g/mol. The highest BCUT2D eigenvalue weighted by molar-refractivity contribution is 5.09. The molecule has 4 nitrogen and oxygen atoms in total. The molecule has 4 heteroatoms. The summed E-state index contributed by atoms with van der Waals surface area (Å²) in [4.78, 5) is 0. The van der Waals surface area contributed by atoms with Crippen LogP contribution in [0.5, 0.6) is 0 Å². The van der Waals surface area contributed by atoms with Crippen molar-refractivity contribution in [2.45, 2.75) is 69.7 Å². The van der Waals surface area contributed by atoms with Crippen molar-refractivity contribution in [1.29, 1.82) is 0 Å². The van der Waals surface area contributed by atoms with Crippen molar-refractivity contribution in [3.05, 3.63) is 18.0 Å². The first-order valence-electron chi connectivity index (χ1n) is 7.58. The van der Waals surface area contributed by atoms with Crippen molar-refractivity contribution in [3.8, 4) is 0 Å². The predicted octanol–water partition coefficient (Wildman–Crippen LogP) is 2.66. The summed E-state index contributed by atoms with van der Waals surface area (Å²) in [5, 5.41) is 7.70. The molecular formula is C15H25N3O. The molecule has 3 rings (SSSR count). The van der Waals surface area contributed by atoms with E-state index in [0.29, 0.717) is 12.1 Å². The van der Waals surface area contributed by atoms with Gasteiger partial charge in [-0.25, -0.2) is 0 Å². The molecule has 0 aromatic carbocycles. The van der Waals surface area contributed by atoms with Crippen molar-refractivity contribution >= 4 is 0 Å². The third-order valence-electron chi connectivity index (χ3n) is 4.83. The first-order chi connectivity index (χ1) is 9.21. The van der Waals surface area contributed by atoms with E-state index in [4.69, 9.17) is 4.74 Å². The molecule has 1 saturated heterocycles. The van der Waals surface area contributed by atoms with Crippen LogP contribution in [0.1, 0.15) is 57.1 Å². The van der Waals surface area contributed by atoms with Crippen LogP contribution in [-0.2, 0) is 11.3 Å². The van der Waals surface area contributed by atoms with E-state index >= 15 is 0 Å². The molecule has 1 N–H and O–H groups in total. The fraction of sp³-hybridized carbons (Fsp3) is 0.800. The van der Waals surface area contributed by atoms with Crippen LogP contribution in [0.2, 0.25) is 0 Å². The number of hydrogen-bond acceptors (Lipinski definition) is 3. The molecule has 1 saturated carbocycles. The van der Waals surface area contributed by atoms with E-state index in [1.807, 2.05) is 17.9 Å². The van der Waals surface area contributed by atoms with Gasteiger partial charge in [-0.2, -0.15) is 5.10 Å². The lowest BCUT2D eigenvalue weighted by Gasteiger charge is -2.23. The van der Waals surface area contributed by atoms with Gasteiger partial charge in [-0.3, -0.25) is 4.68 Å². The molecular weight excluding hydrogens is 238 g/mol. The van der Waals surface area contributed by atoms with Gasteiger partial charge in [0, 0.05) is 17.8 Å². The summed E-state index contributed by atoms with van der Waals surface area (Å²) in [6.45, 7) is 3.05. The smallest absolute Gasteiger partial charge is 0.0779 e. The molecule has 1 aliphatic carbocycles. The topological polar surface area (TPSA) is 39.1 Å². The Kier molecular flexibility index (Phi) is 3.63. The van der Waals surface area contributed by atoms with Crippen molar-refractivity contribution in [2.24, 2.45) is 0 Å². The number of aromatic nitrogens is 2. The van der Waals surface area contributed by atoms with Crippen LogP contribution < -0.4 is 5.32 Å². The molecule has 1 aliphatic heterocycles. The molecule has 1 aromatic heterocycles. The maximum Gasteiger partial charge on any atom is 0.0779 e. The normalized spacial score (nSPS) is 27.2.